The first kappa shape index (κ1) is 20.2. The molecule has 0 spiro atoms. The third-order valence-corrected chi connectivity index (χ3v) is 6.66. The van der Waals surface area contributed by atoms with Gasteiger partial charge in [0.2, 0.25) is 5.28 Å². The fourth-order valence-electron chi connectivity index (χ4n) is 2.72. The average Bonchev–Trinajstić information content (AvgIpc) is 3.27. The highest BCUT2D eigenvalue weighted by Gasteiger charge is 2.57. The maximum Gasteiger partial charge on any atom is 0.393 e. The second kappa shape index (κ2) is 6.78. The average molecular weight is 487 g/mol. The van der Waals surface area contributed by atoms with Crippen molar-refractivity contribution in [2.24, 2.45) is 5.92 Å². The lowest BCUT2D eigenvalue weighted by Crippen LogP contribution is -2.31. The lowest BCUT2D eigenvalue weighted by atomic mass is 10.2. The first-order valence-corrected chi connectivity index (χ1v) is 10.2. The van der Waals surface area contributed by atoms with Crippen LogP contribution in [-0.2, 0) is 10.0 Å². The van der Waals surface area contributed by atoms with Crippen molar-refractivity contribution in [3.05, 3.63) is 45.4 Å². The summed E-state index contributed by atoms with van der Waals surface area (Å²) in [5, 5.41) is -0.336. The van der Waals surface area contributed by atoms with Crippen LogP contribution in [0.4, 0.5) is 13.2 Å². The second-order valence-electron chi connectivity index (χ2n) is 6.04. The summed E-state index contributed by atoms with van der Waals surface area (Å²) in [6.07, 6.45) is -4.59. The van der Waals surface area contributed by atoms with Crippen molar-refractivity contribution in [1.29, 1.82) is 0 Å². The Labute approximate surface area is 165 Å². The molecule has 146 valence electrons. The van der Waals surface area contributed by atoms with E-state index < -0.39 is 39.8 Å². The van der Waals surface area contributed by atoms with Crippen molar-refractivity contribution in [3.8, 4) is 0 Å². The summed E-state index contributed by atoms with van der Waals surface area (Å²) in [5.74, 6) is -2.69. The van der Waals surface area contributed by atoms with Gasteiger partial charge in [-0.1, -0.05) is 18.2 Å². The molecular weight excluding hydrogens is 475 g/mol. The number of nitrogens with one attached hydrogen (secondary N) is 1. The number of nitrogens with zero attached hydrogens (tertiary/aromatic N) is 2. The molecule has 2 aromatic rings. The molecule has 12 heteroatoms. The molecule has 1 heterocycles. The number of carbonyl (C=O) groups excluding carboxylic acids is 1. The Morgan fingerprint density at radius 3 is 2.56 bits per heavy atom. The van der Waals surface area contributed by atoms with E-state index in [4.69, 9.17) is 11.6 Å². The summed E-state index contributed by atoms with van der Waals surface area (Å²) in [6, 6.07) is 5.03. The van der Waals surface area contributed by atoms with Crippen molar-refractivity contribution < 1.29 is 26.4 Å². The number of hydrogen-bond donors (Lipinski definition) is 1. The molecule has 2 atom stereocenters. The minimum Gasteiger partial charge on any atom is -0.305 e. The molecule has 0 unspecified atom stereocenters. The molecule has 1 aliphatic rings. The van der Waals surface area contributed by atoms with E-state index >= 15 is 0 Å². The molecule has 1 saturated carbocycles. The largest absolute Gasteiger partial charge is 0.393 e. The summed E-state index contributed by atoms with van der Waals surface area (Å²) in [7, 11) is -4.19. The van der Waals surface area contributed by atoms with Gasteiger partial charge < -0.3 is 4.57 Å². The smallest absolute Gasteiger partial charge is 0.305 e. The van der Waals surface area contributed by atoms with Crippen LogP contribution in [0.1, 0.15) is 28.5 Å². The molecule has 6 nitrogen and oxygen atoms in total. The Balaban J connectivity index is 1.87. The van der Waals surface area contributed by atoms with E-state index in [1.54, 1.807) is 19.1 Å². The van der Waals surface area contributed by atoms with Crippen LogP contribution in [0.3, 0.4) is 0 Å². The van der Waals surface area contributed by atoms with Crippen LogP contribution in [0.2, 0.25) is 5.28 Å². The highest BCUT2D eigenvalue weighted by Crippen LogP contribution is 2.55. The monoisotopic (exact) mass is 485 g/mol. The van der Waals surface area contributed by atoms with Crippen molar-refractivity contribution in [2.45, 2.75) is 30.5 Å². The zero-order valence-corrected chi connectivity index (χ0v) is 16.7. The first-order chi connectivity index (χ1) is 12.4. The SMILES string of the molecule is Cc1ccccc1S(=O)(=O)NC(=O)c1nc(Cl)n([C@H]2C[C@@H]2C(F)(F)F)c1Br. The van der Waals surface area contributed by atoms with Gasteiger partial charge in [0.15, 0.2) is 5.69 Å². The van der Waals surface area contributed by atoms with Crippen molar-refractivity contribution >= 4 is 43.5 Å². The fourth-order valence-corrected chi connectivity index (χ4v) is 5.01. The van der Waals surface area contributed by atoms with E-state index in [9.17, 15) is 26.4 Å². The summed E-state index contributed by atoms with van der Waals surface area (Å²) < 4.78 is 66.0. The number of carbonyl (C=O) groups is 1. The van der Waals surface area contributed by atoms with E-state index in [2.05, 4.69) is 20.9 Å². The fraction of sp³-hybridized carbons (Fsp3) is 0.333. The van der Waals surface area contributed by atoms with Gasteiger partial charge in [0.25, 0.3) is 15.9 Å². The van der Waals surface area contributed by atoms with Gasteiger partial charge in [-0.2, -0.15) is 13.2 Å². The molecule has 27 heavy (non-hydrogen) atoms. The summed E-state index contributed by atoms with van der Waals surface area (Å²) in [6.45, 7) is 1.56. The van der Waals surface area contributed by atoms with Crippen LogP contribution in [0.25, 0.3) is 0 Å². The van der Waals surface area contributed by atoms with Crippen LogP contribution < -0.4 is 4.72 Å². The van der Waals surface area contributed by atoms with Crippen LogP contribution >= 0.6 is 27.5 Å². The number of imidazole rings is 1. The predicted molar refractivity (Wildman–Crippen MR) is 94.0 cm³/mol. The lowest BCUT2D eigenvalue weighted by molar-refractivity contribution is -0.150. The molecule has 1 amide bonds. The van der Waals surface area contributed by atoms with E-state index in [1.165, 1.54) is 12.1 Å². The van der Waals surface area contributed by atoms with Crippen LogP contribution in [0, 0.1) is 12.8 Å². The normalized spacial score (nSPS) is 19.8. The van der Waals surface area contributed by atoms with Crippen LogP contribution in [0.15, 0.2) is 33.8 Å². The Morgan fingerprint density at radius 1 is 1.37 bits per heavy atom. The third-order valence-electron chi connectivity index (χ3n) is 4.14. The van der Waals surface area contributed by atoms with Crippen LogP contribution in [-0.4, -0.2) is 30.1 Å². The standard InChI is InChI=1S/C15H12BrClF3N3O3S/c1-7-4-2-3-5-10(7)27(25,26)22-13(24)11-12(16)23(14(17)21-11)9-6-8(9)15(18,19)20/h2-5,8-9H,6H2,1H3,(H,22,24)/t8-,9-/m0/s1. The highest BCUT2D eigenvalue weighted by molar-refractivity contribution is 9.10. The Bertz CT molecular complexity index is 1020. The molecular formula is C15H12BrClF3N3O3S. The van der Waals surface area contributed by atoms with Gasteiger partial charge in [0.05, 0.1) is 10.8 Å². The maximum absolute atomic E-state index is 12.8. The zero-order valence-electron chi connectivity index (χ0n) is 13.6. The molecule has 1 aromatic carbocycles. The number of amides is 1. The highest BCUT2D eigenvalue weighted by atomic mass is 79.9. The van der Waals surface area contributed by atoms with Gasteiger partial charge in [0, 0.05) is 6.04 Å². The van der Waals surface area contributed by atoms with Gasteiger partial charge in [-0.15, -0.1) is 0 Å². The minimum atomic E-state index is -4.39. The summed E-state index contributed by atoms with van der Waals surface area (Å²) in [5.41, 5.74) is 0.0106. The quantitative estimate of drug-likeness (QED) is 0.712. The van der Waals surface area contributed by atoms with E-state index in [-0.39, 0.29) is 21.2 Å². The third kappa shape index (κ3) is 3.85. The maximum atomic E-state index is 12.8. The van der Waals surface area contributed by atoms with Gasteiger partial charge in [0.1, 0.15) is 4.60 Å². The number of alkyl halides is 3. The van der Waals surface area contributed by atoms with Gasteiger partial charge >= 0.3 is 6.18 Å². The van der Waals surface area contributed by atoms with E-state index in [0.717, 1.165) is 4.57 Å². The molecule has 3 rings (SSSR count). The number of rotatable bonds is 4. The minimum absolute atomic E-state index is 0.0978. The zero-order chi connectivity index (χ0) is 20.1. The van der Waals surface area contributed by atoms with Crippen molar-refractivity contribution in [2.75, 3.05) is 0 Å². The number of aryl methyl sites for hydroxylation is 1. The summed E-state index contributed by atoms with van der Waals surface area (Å²) >= 11 is 8.89. The number of hydrogen-bond acceptors (Lipinski definition) is 4. The molecule has 0 radical (unpaired) electrons. The topological polar surface area (TPSA) is 81.1 Å². The lowest BCUT2D eigenvalue weighted by Gasteiger charge is -2.09. The molecule has 1 aliphatic carbocycles. The van der Waals surface area contributed by atoms with Gasteiger partial charge in [-0.25, -0.2) is 18.1 Å². The van der Waals surface area contributed by atoms with Gasteiger partial charge in [-0.05, 0) is 52.5 Å². The molecule has 1 aromatic heterocycles. The van der Waals surface area contributed by atoms with Crippen LogP contribution in [0.5, 0.6) is 0 Å². The Morgan fingerprint density at radius 2 is 2.00 bits per heavy atom. The molecule has 0 saturated heterocycles. The number of aromatic nitrogens is 2. The molecule has 1 N–H and O–H groups in total. The number of sulfonamides is 1. The second-order valence-corrected chi connectivity index (χ2v) is 8.78. The van der Waals surface area contributed by atoms with E-state index in [1.807, 2.05) is 4.72 Å². The summed E-state index contributed by atoms with van der Waals surface area (Å²) in [4.78, 5) is 16.0. The van der Waals surface area contributed by atoms with Crippen molar-refractivity contribution in [3.63, 3.8) is 0 Å². The Kier molecular flexibility index (Phi) is 5.06. The van der Waals surface area contributed by atoms with E-state index in [0.29, 0.717) is 5.56 Å². The molecule has 0 bridgehead atoms. The van der Waals surface area contributed by atoms with Crippen molar-refractivity contribution in [1.82, 2.24) is 14.3 Å². The predicted octanol–water partition coefficient (Wildman–Crippen LogP) is 3.85. The number of halogens is 5. The Hall–Kier alpha value is -1.59. The molecule has 0 aliphatic heterocycles. The molecule has 1 fully saturated rings. The van der Waals surface area contributed by atoms with Gasteiger partial charge in [-0.3, -0.25) is 4.79 Å². The first-order valence-electron chi connectivity index (χ1n) is 7.56. The number of benzene rings is 1.